The molecule has 1 N–H and O–H groups in total. The summed E-state index contributed by atoms with van der Waals surface area (Å²) in [6, 6.07) is 7.36. The molecule has 1 saturated heterocycles. The number of hydrogen-bond donors (Lipinski definition) is 1. The maximum absolute atomic E-state index is 10.2. The number of aliphatic hydroxyl groups excluding tert-OH is 1. The summed E-state index contributed by atoms with van der Waals surface area (Å²) in [5, 5.41) is 10.2. The number of hydrogen-bond acceptors (Lipinski definition) is 7. The van der Waals surface area contributed by atoms with Crippen molar-refractivity contribution >= 4 is 5.82 Å². The highest BCUT2D eigenvalue weighted by atomic mass is 16.5. The maximum atomic E-state index is 10.2. The predicted octanol–water partition coefficient (Wildman–Crippen LogP) is 1.05. The van der Waals surface area contributed by atoms with Crippen molar-refractivity contribution in [3.8, 4) is 11.5 Å². The van der Waals surface area contributed by atoms with Gasteiger partial charge in [-0.15, -0.1) is 0 Å². The van der Waals surface area contributed by atoms with Crippen molar-refractivity contribution in [3.05, 3.63) is 42.9 Å². The van der Waals surface area contributed by atoms with Crippen LogP contribution in [0.2, 0.25) is 0 Å². The fraction of sp³-hybridized carbons (Fsp3) is 0.444. The number of nitrogens with zero attached hydrogens (tertiary/aromatic N) is 4. The van der Waals surface area contributed by atoms with Crippen LogP contribution in [-0.2, 0) is 0 Å². The summed E-state index contributed by atoms with van der Waals surface area (Å²) in [5.41, 5.74) is 0. The third kappa shape index (κ3) is 5.04. The predicted molar refractivity (Wildman–Crippen MR) is 95.2 cm³/mol. The van der Waals surface area contributed by atoms with Gasteiger partial charge in [0.2, 0.25) is 0 Å². The molecule has 2 aromatic rings. The third-order valence-corrected chi connectivity index (χ3v) is 4.22. The topological polar surface area (TPSA) is 71.0 Å². The largest absolute Gasteiger partial charge is 0.497 e. The quantitative estimate of drug-likeness (QED) is 0.805. The number of aromatic nitrogens is 2. The van der Waals surface area contributed by atoms with Crippen LogP contribution in [-0.4, -0.2) is 72.5 Å². The van der Waals surface area contributed by atoms with Gasteiger partial charge in [-0.3, -0.25) is 9.88 Å². The summed E-state index contributed by atoms with van der Waals surface area (Å²) >= 11 is 0. The first kappa shape index (κ1) is 17.4. The third-order valence-electron chi connectivity index (χ3n) is 4.22. The Bertz CT molecular complexity index is 631. The molecule has 1 aromatic carbocycles. The van der Waals surface area contributed by atoms with Crippen LogP contribution in [0.3, 0.4) is 0 Å². The van der Waals surface area contributed by atoms with Gasteiger partial charge in [0.25, 0.3) is 0 Å². The van der Waals surface area contributed by atoms with E-state index in [9.17, 15) is 5.11 Å². The number of aliphatic hydroxyl groups is 1. The van der Waals surface area contributed by atoms with Crippen molar-refractivity contribution in [2.45, 2.75) is 6.10 Å². The first-order chi connectivity index (χ1) is 12.2. The second-order valence-electron chi connectivity index (χ2n) is 5.99. The minimum atomic E-state index is -0.523. The number of piperazine rings is 1. The highest BCUT2D eigenvalue weighted by Gasteiger charge is 2.20. The first-order valence-electron chi connectivity index (χ1n) is 8.43. The van der Waals surface area contributed by atoms with E-state index in [1.165, 1.54) is 0 Å². The Kier molecular flexibility index (Phi) is 6.03. The zero-order valence-electron chi connectivity index (χ0n) is 14.4. The highest BCUT2D eigenvalue weighted by Crippen LogP contribution is 2.17. The molecule has 134 valence electrons. The molecule has 1 aromatic heterocycles. The van der Waals surface area contributed by atoms with Gasteiger partial charge in [-0.25, -0.2) is 4.98 Å². The van der Waals surface area contributed by atoms with Crippen molar-refractivity contribution in [3.63, 3.8) is 0 Å². The zero-order valence-corrected chi connectivity index (χ0v) is 14.4. The number of methoxy groups -OCH3 is 1. The SMILES string of the molecule is COc1ccc(OCC(O)CN2CCN(c3cnccn3)CC2)cc1. The van der Waals surface area contributed by atoms with Crippen LogP contribution >= 0.6 is 0 Å². The van der Waals surface area contributed by atoms with Crippen LogP contribution in [0.4, 0.5) is 5.82 Å². The van der Waals surface area contributed by atoms with Gasteiger partial charge >= 0.3 is 0 Å². The van der Waals surface area contributed by atoms with E-state index in [0.717, 1.165) is 43.5 Å². The standard InChI is InChI=1S/C18H24N4O3/c1-24-16-2-4-17(5-3-16)25-14-15(23)13-21-8-10-22(11-9-21)18-12-19-6-7-20-18/h2-7,12,15,23H,8-11,13-14H2,1H3. The molecular formula is C18H24N4O3. The van der Waals surface area contributed by atoms with E-state index in [2.05, 4.69) is 19.8 Å². The van der Waals surface area contributed by atoms with Gasteiger partial charge in [-0.2, -0.15) is 0 Å². The smallest absolute Gasteiger partial charge is 0.147 e. The van der Waals surface area contributed by atoms with Crippen LogP contribution in [0.15, 0.2) is 42.9 Å². The molecule has 0 bridgehead atoms. The molecule has 0 aliphatic carbocycles. The lowest BCUT2D eigenvalue weighted by Crippen LogP contribution is -2.49. The summed E-state index contributed by atoms with van der Waals surface area (Å²) in [4.78, 5) is 12.9. The van der Waals surface area contributed by atoms with Crippen molar-refractivity contribution in [1.82, 2.24) is 14.9 Å². The summed E-state index contributed by atoms with van der Waals surface area (Å²) in [6.07, 6.45) is 4.65. The summed E-state index contributed by atoms with van der Waals surface area (Å²) in [6.45, 7) is 4.41. The van der Waals surface area contributed by atoms with Crippen LogP contribution in [0.5, 0.6) is 11.5 Å². The first-order valence-corrected chi connectivity index (χ1v) is 8.43. The van der Waals surface area contributed by atoms with E-state index < -0.39 is 6.10 Å². The Labute approximate surface area is 147 Å². The van der Waals surface area contributed by atoms with Gasteiger partial charge in [0.05, 0.1) is 13.3 Å². The number of β-amino-alcohol motifs (C(OH)–C–C–N with tert-alkyl or cyclic N) is 1. The minimum absolute atomic E-state index is 0.275. The zero-order chi connectivity index (χ0) is 17.5. The molecule has 0 radical (unpaired) electrons. The van der Waals surface area contributed by atoms with Gasteiger partial charge < -0.3 is 19.5 Å². The molecule has 1 atom stereocenters. The van der Waals surface area contributed by atoms with Crippen molar-refractivity contribution in [2.24, 2.45) is 0 Å². The van der Waals surface area contributed by atoms with Crippen molar-refractivity contribution in [1.29, 1.82) is 0 Å². The Balaban J connectivity index is 1.39. The molecule has 1 aliphatic rings. The normalized spacial score (nSPS) is 16.5. The molecule has 1 fully saturated rings. The lowest BCUT2D eigenvalue weighted by Gasteiger charge is -2.36. The molecule has 0 amide bonds. The summed E-state index contributed by atoms with van der Waals surface area (Å²) in [5.74, 6) is 2.42. The molecule has 7 nitrogen and oxygen atoms in total. The number of ether oxygens (including phenoxy) is 2. The van der Waals surface area contributed by atoms with Gasteiger partial charge in [0.15, 0.2) is 0 Å². The van der Waals surface area contributed by atoms with E-state index in [0.29, 0.717) is 6.54 Å². The fourth-order valence-electron chi connectivity index (χ4n) is 2.83. The van der Waals surface area contributed by atoms with Crippen LogP contribution in [0.1, 0.15) is 0 Å². The molecule has 3 rings (SSSR count). The monoisotopic (exact) mass is 344 g/mol. The van der Waals surface area contributed by atoms with E-state index in [1.54, 1.807) is 25.7 Å². The van der Waals surface area contributed by atoms with Crippen LogP contribution in [0.25, 0.3) is 0 Å². The van der Waals surface area contributed by atoms with Gasteiger partial charge in [0.1, 0.15) is 30.0 Å². The van der Waals surface area contributed by atoms with Crippen molar-refractivity contribution < 1.29 is 14.6 Å². The Morgan fingerprint density at radius 2 is 1.80 bits per heavy atom. The molecule has 1 unspecified atom stereocenters. The lowest BCUT2D eigenvalue weighted by atomic mass is 10.2. The number of benzene rings is 1. The van der Waals surface area contributed by atoms with Crippen LogP contribution < -0.4 is 14.4 Å². The summed E-state index contributed by atoms with van der Waals surface area (Å²) < 4.78 is 10.8. The van der Waals surface area contributed by atoms with E-state index in [4.69, 9.17) is 9.47 Å². The molecular weight excluding hydrogens is 320 g/mol. The van der Waals surface area contributed by atoms with E-state index in [1.807, 2.05) is 24.3 Å². The average molecular weight is 344 g/mol. The van der Waals surface area contributed by atoms with Gasteiger partial charge in [0, 0.05) is 45.1 Å². The Hall–Kier alpha value is -2.38. The fourth-order valence-corrected chi connectivity index (χ4v) is 2.83. The highest BCUT2D eigenvalue weighted by molar-refractivity contribution is 5.35. The average Bonchev–Trinajstić information content (AvgIpc) is 2.68. The van der Waals surface area contributed by atoms with Crippen molar-refractivity contribution in [2.75, 3.05) is 51.3 Å². The molecule has 7 heteroatoms. The second-order valence-corrected chi connectivity index (χ2v) is 5.99. The van der Waals surface area contributed by atoms with Gasteiger partial charge in [-0.05, 0) is 24.3 Å². The minimum Gasteiger partial charge on any atom is -0.497 e. The number of anilines is 1. The lowest BCUT2D eigenvalue weighted by molar-refractivity contribution is 0.0662. The van der Waals surface area contributed by atoms with E-state index >= 15 is 0 Å². The molecule has 2 heterocycles. The molecule has 25 heavy (non-hydrogen) atoms. The molecule has 0 saturated carbocycles. The Morgan fingerprint density at radius 3 is 2.44 bits per heavy atom. The summed E-state index contributed by atoms with van der Waals surface area (Å²) in [7, 11) is 1.63. The van der Waals surface area contributed by atoms with Gasteiger partial charge in [-0.1, -0.05) is 0 Å². The van der Waals surface area contributed by atoms with E-state index in [-0.39, 0.29) is 6.61 Å². The Morgan fingerprint density at radius 1 is 1.08 bits per heavy atom. The maximum Gasteiger partial charge on any atom is 0.147 e. The van der Waals surface area contributed by atoms with Crippen LogP contribution in [0, 0.1) is 0 Å². The molecule has 0 spiro atoms. The number of rotatable bonds is 7. The molecule has 1 aliphatic heterocycles. The second kappa shape index (κ2) is 8.64.